The maximum absolute atomic E-state index is 14.5. The number of hydrogen-bond donors (Lipinski definition) is 2. The number of carbonyl (C=O) groups excluding carboxylic acids is 2. The normalized spacial score (nSPS) is 12.3. The van der Waals surface area contributed by atoms with Crippen LogP contribution in [0.2, 0.25) is 0 Å². The molecule has 5 aromatic rings. The number of benzene rings is 2. The van der Waals surface area contributed by atoms with E-state index in [4.69, 9.17) is 26.2 Å². The quantitative estimate of drug-likeness (QED) is 0.0805. The van der Waals surface area contributed by atoms with Crippen molar-refractivity contribution < 1.29 is 44.7 Å². The van der Waals surface area contributed by atoms with Gasteiger partial charge in [0.25, 0.3) is 10.0 Å². The maximum atomic E-state index is 14.5. The number of amides is 1. The molecular formula is C46H54ClF2N8O8S2+. The van der Waals surface area contributed by atoms with Crippen molar-refractivity contribution in [1.29, 1.82) is 0 Å². The molecule has 4 heterocycles. The number of hydrogen-bond acceptors (Lipinski definition) is 13. The van der Waals surface area contributed by atoms with Crippen molar-refractivity contribution >= 4 is 47.8 Å². The van der Waals surface area contributed by atoms with Crippen LogP contribution >= 0.6 is 11.6 Å². The first kappa shape index (κ1) is 53.4. The second-order valence-corrected chi connectivity index (χ2v) is 19.7. The Morgan fingerprint density at radius 2 is 1.25 bits per heavy atom. The highest BCUT2D eigenvalue weighted by molar-refractivity contribution is 8.04. The predicted molar refractivity (Wildman–Crippen MR) is 252 cm³/mol. The largest absolute Gasteiger partial charge is 0.481 e. The minimum absolute atomic E-state index is 0.0302. The molecule has 0 atom stereocenters. The molecule has 0 aliphatic carbocycles. The average Bonchev–Trinajstić information content (AvgIpc) is 3.98. The van der Waals surface area contributed by atoms with Crippen molar-refractivity contribution in [2.24, 2.45) is 10.2 Å². The van der Waals surface area contributed by atoms with Crippen LogP contribution in [0.25, 0.3) is 22.3 Å². The van der Waals surface area contributed by atoms with Gasteiger partial charge in [0.2, 0.25) is 35.2 Å². The number of sulfonamides is 2. The van der Waals surface area contributed by atoms with Crippen LogP contribution in [0.4, 0.5) is 8.78 Å². The van der Waals surface area contributed by atoms with E-state index in [2.05, 4.69) is 31.1 Å². The molecule has 0 fully saturated rings. The Labute approximate surface area is 395 Å². The van der Waals surface area contributed by atoms with Crippen LogP contribution in [-0.2, 0) is 42.5 Å². The molecule has 0 saturated heterocycles. The smallest absolute Gasteiger partial charge is 0.339 e. The summed E-state index contributed by atoms with van der Waals surface area (Å²) >= 11 is 5.58. The van der Waals surface area contributed by atoms with Crippen LogP contribution in [0.5, 0.6) is 11.8 Å². The fourth-order valence-electron chi connectivity index (χ4n) is 6.61. The Hall–Kier alpha value is -6.18. The van der Waals surface area contributed by atoms with Crippen molar-refractivity contribution in [3.63, 3.8) is 0 Å². The van der Waals surface area contributed by atoms with E-state index in [-0.39, 0.29) is 52.6 Å². The van der Waals surface area contributed by atoms with Crippen LogP contribution < -0.4 is 19.3 Å². The number of rotatable bonds is 14. The lowest BCUT2D eigenvalue weighted by Gasteiger charge is -2.18. The van der Waals surface area contributed by atoms with Gasteiger partial charge in [-0.3, -0.25) is 14.3 Å². The van der Waals surface area contributed by atoms with E-state index in [9.17, 15) is 35.2 Å². The first-order valence-electron chi connectivity index (χ1n) is 20.8. The number of halogens is 3. The molecule has 0 unspecified atom stereocenters. The zero-order valence-electron chi connectivity index (χ0n) is 38.7. The molecule has 2 aromatic carbocycles. The van der Waals surface area contributed by atoms with Gasteiger partial charge in [-0.2, -0.15) is 21.9 Å². The molecule has 67 heavy (non-hydrogen) atoms. The molecule has 1 amide bonds. The van der Waals surface area contributed by atoms with Crippen molar-refractivity contribution in [3.05, 3.63) is 119 Å². The number of nitrogens with one attached hydrogen (secondary N) is 1. The van der Waals surface area contributed by atoms with E-state index in [1.807, 2.05) is 55.4 Å². The highest BCUT2D eigenvalue weighted by Gasteiger charge is 2.31. The lowest BCUT2D eigenvalue weighted by molar-refractivity contribution is -0.118. The average molecular weight is 985 g/mol. The molecule has 0 bridgehead atoms. The Morgan fingerprint density at radius 1 is 0.761 bits per heavy atom. The zero-order valence-corrected chi connectivity index (χ0v) is 41.1. The van der Waals surface area contributed by atoms with Crippen molar-refractivity contribution in [2.75, 3.05) is 14.2 Å². The predicted octanol–water partition coefficient (Wildman–Crippen LogP) is 7.80. The van der Waals surface area contributed by atoms with Crippen molar-refractivity contribution in [3.8, 4) is 34.0 Å². The minimum atomic E-state index is -4.16. The first-order valence-corrected chi connectivity index (χ1v) is 24.2. The number of nitrogens with two attached hydrogens (primary N) is 1. The molecule has 3 N–H and O–H groups in total. The molecule has 21 heteroatoms. The number of methoxy groups -OCH3 is 2. The molecule has 1 aliphatic heterocycles. The van der Waals surface area contributed by atoms with Gasteiger partial charge in [0, 0.05) is 43.2 Å². The van der Waals surface area contributed by atoms with Crippen molar-refractivity contribution in [1.82, 2.24) is 29.5 Å². The molecule has 3 aromatic heterocycles. The van der Waals surface area contributed by atoms with Gasteiger partial charge < -0.3 is 9.47 Å². The number of primary sulfonamides is 1. The lowest BCUT2D eigenvalue weighted by Crippen LogP contribution is -2.32. The molecule has 0 radical (unpaired) electrons. The topological polar surface area (TPSA) is 218 Å². The third kappa shape index (κ3) is 14.7. The summed E-state index contributed by atoms with van der Waals surface area (Å²) in [7, 11) is -4.85. The van der Waals surface area contributed by atoms with Gasteiger partial charge in [0.05, 0.1) is 26.7 Å². The van der Waals surface area contributed by atoms with E-state index in [0.29, 0.717) is 39.6 Å². The SMILES string of the molecule is CC(C)N1[C+]=CC(S(N)(=O)=O)=N1.COc1cc(-c2cc(F)cc(C(C)C)c2CC(=O)Cl)ccn1.COc1cc(-c2cc(F)cc(C(C)C)c2CC(=O)NS(=O)(=O)c2ccn(C(C)C)n2)ccn1. The molecule has 358 valence electrons. The van der Waals surface area contributed by atoms with Gasteiger partial charge in [0.1, 0.15) is 11.6 Å². The summed E-state index contributed by atoms with van der Waals surface area (Å²) in [6.45, 7) is 15.1. The van der Waals surface area contributed by atoms with Gasteiger partial charge in [-0.05, 0) is 143 Å². The number of nitrogens with zero attached hydrogens (tertiary/aromatic N) is 6. The molecule has 0 spiro atoms. The second kappa shape index (κ2) is 23.0. The van der Waals surface area contributed by atoms with Crippen LogP contribution in [0, 0.1) is 17.8 Å². The summed E-state index contributed by atoms with van der Waals surface area (Å²) in [6, 6.07) is 13.7. The van der Waals surface area contributed by atoms with Crippen LogP contribution in [0.15, 0.2) is 89.4 Å². The van der Waals surface area contributed by atoms with E-state index in [1.54, 1.807) is 30.5 Å². The highest BCUT2D eigenvalue weighted by atomic mass is 35.5. The Bertz CT molecular complexity index is 2870. The fourth-order valence-corrected chi connectivity index (χ4v) is 8.08. The molecular weight excluding hydrogens is 930 g/mol. The van der Waals surface area contributed by atoms with Crippen LogP contribution in [0.1, 0.15) is 95.5 Å². The Morgan fingerprint density at radius 3 is 1.63 bits per heavy atom. The summed E-state index contributed by atoms with van der Waals surface area (Å²) in [6.07, 6.45) is 8.34. The van der Waals surface area contributed by atoms with Crippen LogP contribution in [-0.4, -0.2) is 78.0 Å². The van der Waals surface area contributed by atoms with E-state index in [1.165, 1.54) is 72.7 Å². The number of ether oxygens (including phenoxy) is 2. The molecule has 1 aliphatic rings. The molecule has 6 rings (SSSR count). The highest BCUT2D eigenvalue weighted by Crippen LogP contribution is 2.35. The van der Waals surface area contributed by atoms with E-state index in [0.717, 1.165) is 16.7 Å². The van der Waals surface area contributed by atoms with Gasteiger partial charge >= 0.3 is 15.1 Å². The third-order valence-electron chi connectivity index (χ3n) is 9.85. The number of carbonyl (C=O) groups is 2. The van der Waals surface area contributed by atoms with E-state index >= 15 is 0 Å². The zero-order chi connectivity index (χ0) is 50.0. The summed E-state index contributed by atoms with van der Waals surface area (Å²) < 4.78 is 89.2. The Balaban J connectivity index is 0.000000246. The van der Waals surface area contributed by atoms with Crippen molar-refractivity contribution in [2.45, 2.75) is 97.2 Å². The lowest BCUT2D eigenvalue weighted by atomic mass is 9.88. The van der Waals surface area contributed by atoms with E-state index < -0.39 is 37.0 Å². The number of pyridine rings is 2. The minimum Gasteiger partial charge on any atom is -0.481 e. The first-order chi connectivity index (χ1) is 31.3. The summed E-state index contributed by atoms with van der Waals surface area (Å²) in [5.74, 6) is -0.822. The standard InChI is InChI=1S/C23H27FN4O4S.C17H17ClFNO2.C6H10N3O2S/c1-14(2)18-11-17(24)12-19(16-6-8-25-22(10-16)32-5)20(18)13-21(29)27-33(30,31)23-7-9-28(26-23)15(3)4;1-10(2)13-7-12(19)8-14(15(13)9-16(18)21)11-4-5-20-17(6-11)22-3;1-5(2)9-4-3-6(8-9)12(7,10)11/h6-12,14-15H,13H2,1-5H3,(H,27,29);4-8,10H,9H2,1-3H3;3,5H,1-2H3,(H2,7,10,11)/q;;+1. The number of hydrazone groups is 1. The van der Waals surface area contributed by atoms with Gasteiger partial charge in [-0.15, -0.1) is 5.01 Å². The summed E-state index contributed by atoms with van der Waals surface area (Å²) in [5.41, 5.74) is 5.10. The van der Waals surface area contributed by atoms with Gasteiger partial charge in [-0.1, -0.05) is 27.7 Å². The summed E-state index contributed by atoms with van der Waals surface area (Å²) in [5, 5.41) is 13.2. The maximum Gasteiger partial charge on any atom is 0.339 e. The van der Waals surface area contributed by atoms with Crippen LogP contribution in [0.3, 0.4) is 0 Å². The third-order valence-corrected chi connectivity index (χ3v) is 12.0. The Kier molecular flexibility index (Phi) is 18.4. The monoisotopic (exact) mass is 983 g/mol. The molecule has 0 saturated carbocycles. The number of aromatic nitrogens is 4. The van der Waals surface area contributed by atoms with Gasteiger partial charge in [0.15, 0.2) is 5.03 Å². The van der Waals surface area contributed by atoms with Gasteiger partial charge in [-0.25, -0.2) is 28.6 Å². The fraction of sp³-hybridized carbons (Fsp3) is 0.348. The second-order valence-electron chi connectivity index (χ2n) is 16.2. The summed E-state index contributed by atoms with van der Waals surface area (Å²) in [4.78, 5) is 32.4. The molecule has 16 nitrogen and oxygen atoms in total.